The molecule has 4 rings (SSSR count). The monoisotopic (exact) mass is 409 g/mol. The number of hydrogen-bond acceptors (Lipinski definition) is 3. The lowest BCUT2D eigenvalue weighted by Crippen LogP contribution is -2.30. The highest BCUT2D eigenvalue weighted by Gasteiger charge is 2.28. The summed E-state index contributed by atoms with van der Waals surface area (Å²) < 4.78 is 8.04. The van der Waals surface area contributed by atoms with Crippen LogP contribution in [0.1, 0.15) is 31.0 Å². The topological polar surface area (TPSA) is 47.4 Å². The highest BCUT2D eigenvalue weighted by molar-refractivity contribution is 6.30. The third-order valence-electron chi connectivity index (χ3n) is 5.12. The molecule has 150 valence electrons. The number of rotatable bonds is 7. The van der Waals surface area contributed by atoms with Gasteiger partial charge >= 0.3 is 0 Å². The summed E-state index contributed by atoms with van der Waals surface area (Å²) in [7, 11) is 0. The minimum Gasteiger partial charge on any atom is -0.439 e. The van der Waals surface area contributed by atoms with E-state index in [1.165, 1.54) is 12.8 Å². The molecule has 0 saturated heterocycles. The number of halogens is 1. The van der Waals surface area contributed by atoms with Gasteiger partial charge in [-0.15, -0.1) is 0 Å². The number of hydrogen-bond donors (Lipinski definition) is 0. The summed E-state index contributed by atoms with van der Waals surface area (Å²) in [4.78, 5) is 14.1. The second kappa shape index (κ2) is 8.29. The van der Waals surface area contributed by atoms with Gasteiger partial charge in [-0.2, -0.15) is 5.10 Å². The van der Waals surface area contributed by atoms with E-state index in [4.69, 9.17) is 21.4 Å². The second-order valence-electron chi connectivity index (χ2n) is 7.52. The van der Waals surface area contributed by atoms with Crippen molar-refractivity contribution in [1.82, 2.24) is 14.7 Å². The summed E-state index contributed by atoms with van der Waals surface area (Å²) in [6.45, 7) is 4.82. The Morgan fingerprint density at radius 2 is 1.97 bits per heavy atom. The molecule has 2 aromatic carbocycles. The van der Waals surface area contributed by atoms with Crippen LogP contribution in [0.3, 0.4) is 0 Å². The number of aromatic nitrogens is 2. The van der Waals surface area contributed by atoms with Crippen molar-refractivity contribution in [1.29, 1.82) is 0 Å². The van der Waals surface area contributed by atoms with Crippen molar-refractivity contribution < 1.29 is 9.53 Å². The van der Waals surface area contributed by atoms with E-state index < -0.39 is 0 Å². The first kappa shape index (κ1) is 19.5. The molecule has 1 saturated carbocycles. The Labute approximate surface area is 175 Å². The van der Waals surface area contributed by atoms with Crippen molar-refractivity contribution in [3.63, 3.8) is 0 Å². The van der Waals surface area contributed by atoms with Gasteiger partial charge in [0.15, 0.2) is 0 Å². The van der Waals surface area contributed by atoms with Crippen LogP contribution in [0.25, 0.3) is 5.69 Å². The fourth-order valence-electron chi connectivity index (χ4n) is 3.32. The van der Waals surface area contributed by atoms with Crippen LogP contribution in [0.15, 0.2) is 54.6 Å². The number of carbonyl (C=O) groups excluding carboxylic acids is 1. The number of ether oxygens (including phenoxy) is 1. The van der Waals surface area contributed by atoms with Gasteiger partial charge in [-0.25, -0.2) is 4.68 Å². The molecule has 1 aromatic heterocycles. The van der Waals surface area contributed by atoms with E-state index in [9.17, 15) is 4.79 Å². The quantitative estimate of drug-likeness (QED) is 0.526. The van der Waals surface area contributed by atoms with E-state index in [1.807, 2.05) is 66.4 Å². The van der Waals surface area contributed by atoms with Gasteiger partial charge in [0.2, 0.25) is 11.8 Å². The largest absolute Gasteiger partial charge is 0.439 e. The zero-order valence-corrected chi connectivity index (χ0v) is 17.4. The first-order valence-electron chi connectivity index (χ1n) is 9.84. The van der Waals surface area contributed by atoms with E-state index in [2.05, 4.69) is 0 Å². The summed E-state index contributed by atoms with van der Waals surface area (Å²) in [5, 5.41) is 5.35. The smallest absolute Gasteiger partial charge is 0.227 e. The lowest BCUT2D eigenvalue weighted by atomic mass is 10.2. The Bertz CT molecular complexity index is 1010. The summed E-state index contributed by atoms with van der Waals surface area (Å²) in [6.07, 6.45) is 2.38. The number of para-hydroxylation sites is 1. The van der Waals surface area contributed by atoms with Crippen LogP contribution in [0.4, 0.5) is 0 Å². The Morgan fingerprint density at radius 3 is 2.62 bits per heavy atom. The lowest BCUT2D eigenvalue weighted by molar-refractivity contribution is -0.129. The van der Waals surface area contributed by atoms with Gasteiger partial charge < -0.3 is 9.64 Å². The molecule has 0 bridgehead atoms. The number of benzene rings is 2. The zero-order valence-electron chi connectivity index (χ0n) is 16.6. The fraction of sp³-hybridized carbons (Fsp3) is 0.304. The molecule has 0 N–H and O–H groups in total. The maximum Gasteiger partial charge on any atom is 0.227 e. The Kier molecular flexibility index (Phi) is 5.58. The Hall–Kier alpha value is -2.79. The lowest BCUT2D eigenvalue weighted by Gasteiger charge is -2.21. The highest BCUT2D eigenvalue weighted by Crippen LogP contribution is 2.34. The highest BCUT2D eigenvalue weighted by atomic mass is 35.5. The van der Waals surface area contributed by atoms with Crippen molar-refractivity contribution in [2.75, 3.05) is 6.54 Å². The maximum absolute atomic E-state index is 12.3. The molecule has 1 heterocycles. The molecule has 3 aromatic rings. The Morgan fingerprint density at radius 1 is 1.21 bits per heavy atom. The van der Waals surface area contributed by atoms with Crippen LogP contribution in [-0.2, 0) is 11.3 Å². The molecule has 29 heavy (non-hydrogen) atoms. The first-order chi connectivity index (χ1) is 14.0. The molecule has 1 fully saturated rings. The standard InChI is InChI=1S/C23H24ClN3O2/c1-16-22(15-26(17(2)28)14-18-11-12-18)23(29-21-9-4-3-5-10-21)27(25-16)20-8-6-7-19(24)13-20/h3-10,13,18H,11-12,14-15H2,1-2H3. The number of amides is 1. The number of carbonyl (C=O) groups is 1. The fourth-order valence-corrected chi connectivity index (χ4v) is 3.50. The maximum atomic E-state index is 12.3. The predicted molar refractivity (Wildman–Crippen MR) is 114 cm³/mol. The average Bonchev–Trinajstić information content (AvgIpc) is 3.47. The van der Waals surface area contributed by atoms with Crippen LogP contribution in [0.2, 0.25) is 5.02 Å². The van der Waals surface area contributed by atoms with Gasteiger partial charge in [-0.05, 0) is 56.0 Å². The van der Waals surface area contributed by atoms with Gasteiger partial charge in [0.05, 0.1) is 23.5 Å². The molecule has 0 aliphatic heterocycles. The van der Waals surface area contributed by atoms with Crippen molar-refractivity contribution in [3.8, 4) is 17.3 Å². The van der Waals surface area contributed by atoms with Gasteiger partial charge in [-0.3, -0.25) is 4.79 Å². The third kappa shape index (κ3) is 4.62. The molecule has 1 aliphatic rings. The van der Waals surface area contributed by atoms with Crippen LogP contribution >= 0.6 is 11.6 Å². The van der Waals surface area contributed by atoms with E-state index in [1.54, 1.807) is 11.6 Å². The van der Waals surface area contributed by atoms with Crippen molar-refractivity contribution in [3.05, 3.63) is 70.9 Å². The summed E-state index contributed by atoms with van der Waals surface area (Å²) >= 11 is 6.21. The van der Waals surface area contributed by atoms with Crippen LogP contribution < -0.4 is 4.74 Å². The molecule has 1 aliphatic carbocycles. The predicted octanol–water partition coefficient (Wildman–Crippen LogP) is 5.38. The van der Waals surface area contributed by atoms with E-state index in [-0.39, 0.29) is 5.91 Å². The van der Waals surface area contributed by atoms with Gasteiger partial charge in [0.1, 0.15) is 5.75 Å². The number of nitrogens with zero attached hydrogens (tertiary/aromatic N) is 3. The van der Waals surface area contributed by atoms with Gasteiger partial charge in [-0.1, -0.05) is 35.9 Å². The molecule has 0 unspecified atom stereocenters. The molecule has 0 atom stereocenters. The SMILES string of the molecule is CC(=O)N(Cc1c(C)nn(-c2cccc(Cl)c2)c1Oc1ccccc1)CC1CC1. The van der Waals surface area contributed by atoms with Crippen LogP contribution in [0, 0.1) is 12.8 Å². The van der Waals surface area contributed by atoms with E-state index in [0.717, 1.165) is 23.5 Å². The molecule has 6 heteroatoms. The van der Waals surface area contributed by atoms with E-state index in [0.29, 0.717) is 29.1 Å². The van der Waals surface area contributed by atoms with Crippen molar-refractivity contribution in [2.24, 2.45) is 5.92 Å². The molecular formula is C23H24ClN3O2. The normalized spacial score (nSPS) is 13.3. The molecule has 5 nitrogen and oxygen atoms in total. The molecule has 0 spiro atoms. The minimum absolute atomic E-state index is 0.0671. The van der Waals surface area contributed by atoms with Gasteiger partial charge in [0, 0.05) is 18.5 Å². The van der Waals surface area contributed by atoms with Crippen molar-refractivity contribution in [2.45, 2.75) is 33.2 Å². The zero-order chi connectivity index (χ0) is 20.4. The molecular weight excluding hydrogens is 386 g/mol. The van der Waals surface area contributed by atoms with Crippen molar-refractivity contribution >= 4 is 17.5 Å². The van der Waals surface area contributed by atoms with Gasteiger partial charge in [0.25, 0.3) is 0 Å². The minimum atomic E-state index is 0.0671. The third-order valence-corrected chi connectivity index (χ3v) is 5.35. The second-order valence-corrected chi connectivity index (χ2v) is 7.96. The first-order valence-corrected chi connectivity index (χ1v) is 10.2. The van der Waals surface area contributed by atoms with Crippen LogP contribution in [-0.4, -0.2) is 27.1 Å². The summed E-state index contributed by atoms with van der Waals surface area (Å²) in [5.74, 6) is 2.00. The molecule has 1 amide bonds. The number of aryl methyl sites for hydroxylation is 1. The van der Waals surface area contributed by atoms with Crippen LogP contribution in [0.5, 0.6) is 11.6 Å². The Balaban J connectivity index is 1.75. The molecule has 0 radical (unpaired) electrons. The summed E-state index contributed by atoms with van der Waals surface area (Å²) in [5.41, 5.74) is 2.55. The van der Waals surface area contributed by atoms with E-state index >= 15 is 0 Å². The average molecular weight is 410 g/mol. The summed E-state index contributed by atoms with van der Waals surface area (Å²) in [6, 6.07) is 17.1.